The molecule has 1 aliphatic heterocycles. The van der Waals surface area contributed by atoms with E-state index in [2.05, 4.69) is 9.69 Å². The maximum absolute atomic E-state index is 13.8. The number of hydrogen-bond acceptors (Lipinski definition) is 4. The Hall–Kier alpha value is -2.42. The van der Waals surface area contributed by atoms with Crippen molar-refractivity contribution in [1.29, 1.82) is 0 Å². The van der Waals surface area contributed by atoms with Crippen molar-refractivity contribution in [2.45, 2.75) is 37.9 Å². The van der Waals surface area contributed by atoms with Gasteiger partial charge >= 0.3 is 12.1 Å². The lowest BCUT2D eigenvalue weighted by Crippen LogP contribution is -2.31. The number of aryl methyl sites for hydroxylation is 1. The van der Waals surface area contributed by atoms with Gasteiger partial charge in [-0.1, -0.05) is 41.9 Å². The minimum Gasteiger partial charge on any atom is -0.481 e. The van der Waals surface area contributed by atoms with Crippen LogP contribution < -0.4 is 5.32 Å². The van der Waals surface area contributed by atoms with Crippen LogP contribution in [0.2, 0.25) is 5.02 Å². The molecule has 9 heteroatoms. The first kappa shape index (κ1) is 22.8. The maximum atomic E-state index is 13.8. The number of benzene rings is 2. The van der Waals surface area contributed by atoms with Crippen molar-refractivity contribution in [3.63, 3.8) is 0 Å². The van der Waals surface area contributed by atoms with Crippen LogP contribution in [0.25, 0.3) is 11.3 Å². The number of carboxylic acid groups (broad SMARTS) is 1. The Balaban J connectivity index is 1.68. The van der Waals surface area contributed by atoms with E-state index in [1.807, 2.05) is 18.2 Å². The van der Waals surface area contributed by atoms with Crippen molar-refractivity contribution in [2.75, 3.05) is 6.54 Å². The molecule has 1 aromatic heterocycles. The van der Waals surface area contributed by atoms with Crippen LogP contribution in [-0.2, 0) is 30.2 Å². The maximum Gasteiger partial charge on any atom is 0.427 e. The molecule has 168 valence electrons. The van der Waals surface area contributed by atoms with Gasteiger partial charge in [-0.05, 0) is 66.2 Å². The monoisotopic (exact) mass is 480 g/mol. The molecule has 2 heterocycles. The van der Waals surface area contributed by atoms with Gasteiger partial charge in [-0.2, -0.15) is 17.5 Å². The van der Waals surface area contributed by atoms with Crippen LogP contribution in [0.3, 0.4) is 0 Å². The van der Waals surface area contributed by atoms with E-state index in [-0.39, 0.29) is 24.4 Å². The highest BCUT2D eigenvalue weighted by Gasteiger charge is 2.38. The number of carbonyl (C=O) groups is 1. The molecule has 0 aliphatic carbocycles. The normalized spacial score (nSPS) is 16.1. The van der Waals surface area contributed by atoms with Gasteiger partial charge in [0.05, 0.1) is 5.69 Å². The van der Waals surface area contributed by atoms with Crippen LogP contribution in [0.15, 0.2) is 42.5 Å². The molecule has 0 radical (unpaired) electrons. The summed E-state index contributed by atoms with van der Waals surface area (Å²) < 4.78 is 45.5. The van der Waals surface area contributed by atoms with Crippen molar-refractivity contribution in [2.24, 2.45) is 0 Å². The Kier molecular flexibility index (Phi) is 6.55. The molecule has 4 rings (SSSR count). The molecule has 0 saturated heterocycles. The van der Waals surface area contributed by atoms with Crippen molar-refractivity contribution < 1.29 is 23.1 Å². The predicted molar refractivity (Wildman–Crippen MR) is 118 cm³/mol. The van der Waals surface area contributed by atoms with Gasteiger partial charge in [0.2, 0.25) is 0 Å². The smallest absolute Gasteiger partial charge is 0.427 e. The summed E-state index contributed by atoms with van der Waals surface area (Å²) in [4.78, 5) is 10.2. The molecule has 0 bridgehead atoms. The lowest BCUT2D eigenvalue weighted by molar-refractivity contribution is -0.137. The molecule has 3 aromatic rings. The van der Waals surface area contributed by atoms with Crippen LogP contribution >= 0.6 is 23.1 Å². The Morgan fingerprint density at radius 3 is 2.66 bits per heavy atom. The zero-order valence-corrected chi connectivity index (χ0v) is 18.4. The average molecular weight is 481 g/mol. The summed E-state index contributed by atoms with van der Waals surface area (Å²) >= 11 is 6.41. The van der Waals surface area contributed by atoms with E-state index in [4.69, 9.17) is 16.7 Å². The highest BCUT2D eigenvalue weighted by Crippen LogP contribution is 2.42. The molecule has 32 heavy (non-hydrogen) atoms. The quantitative estimate of drug-likeness (QED) is 0.459. The summed E-state index contributed by atoms with van der Waals surface area (Å²) in [6.07, 6.45) is -3.14. The third kappa shape index (κ3) is 4.98. The lowest BCUT2D eigenvalue weighted by atomic mass is 9.87. The highest BCUT2D eigenvalue weighted by molar-refractivity contribution is 7.06. The van der Waals surface area contributed by atoms with Gasteiger partial charge in [0.1, 0.15) is 4.88 Å². The predicted octanol–water partition coefficient (Wildman–Crippen LogP) is 5.93. The number of nitrogens with zero attached hydrogens (tertiary/aromatic N) is 1. The SMILES string of the molecule is O=C(O)CCc1ccc2c(c1)CCNC2Cc1c(-c2ccc(Cl)cc2)nsc1C(F)(F)F. The van der Waals surface area contributed by atoms with Crippen LogP contribution in [-0.4, -0.2) is 22.0 Å². The highest BCUT2D eigenvalue weighted by atomic mass is 35.5. The molecular weight excluding hydrogens is 461 g/mol. The van der Waals surface area contributed by atoms with E-state index in [1.54, 1.807) is 24.3 Å². The second-order valence-electron chi connectivity index (χ2n) is 7.73. The van der Waals surface area contributed by atoms with Gasteiger partial charge < -0.3 is 10.4 Å². The molecule has 0 fully saturated rings. The molecule has 0 amide bonds. The van der Waals surface area contributed by atoms with Crippen LogP contribution in [0.1, 0.15) is 39.6 Å². The zero-order chi connectivity index (χ0) is 22.9. The van der Waals surface area contributed by atoms with E-state index in [0.29, 0.717) is 40.8 Å². The van der Waals surface area contributed by atoms with E-state index in [9.17, 15) is 18.0 Å². The van der Waals surface area contributed by atoms with E-state index in [0.717, 1.165) is 23.1 Å². The molecule has 1 atom stereocenters. The standard InChI is InChI=1S/C23H20ClF3N2O2S/c24-16-5-3-14(4-6-16)21-18(22(32-29-21)23(25,26)27)12-19-17-7-1-13(2-8-20(30)31)11-15(17)9-10-28-19/h1,3-7,11,19,28H,2,8-10,12H2,(H,30,31). The molecule has 2 N–H and O–H groups in total. The van der Waals surface area contributed by atoms with Crippen molar-refractivity contribution in [3.8, 4) is 11.3 Å². The fourth-order valence-corrected chi connectivity index (χ4v) is 4.97. The number of hydrogen-bond donors (Lipinski definition) is 2. The van der Waals surface area contributed by atoms with Crippen LogP contribution in [0.4, 0.5) is 13.2 Å². The van der Waals surface area contributed by atoms with Crippen molar-refractivity contribution >= 4 is 29.1 Å². The Morgan fingerprint density at radius 1 is 1.22 bits per heavy atom. The van der Waals surface area contributed by atoms with E-state index in [1.165, 1.54) is 0 Å². The lowest BCUT2D eigenvalue weighted by Gasteiger charge is -2.28. The minimum absolute atomic E-state index is 0.0421. The number of aliphatic carboxylic acids is 1. The average Bonchev–Trinajstić information content (AvgIpc) is 3.17. The molecule has 0 saturated carbocycles. The largest absolute Gasteiger partial charge is 0.481 e. The topological polar surface area (TPSA) is 62.2 Å². The molecule has 4 nitrogen and oxygen atoms in total. The second kappa shape index (κ2) is 9.21. The third-order valence-corrected chi connectivity index (χ3v) is 6.75. The fourth-order valence-electron chi connectivity index (χ4n) is 4.06. The Morgan fingerprint density at radius 2 is 1.97 bits per heavy atom. The van der Waals surface area contributed by atoms with Crippen LogP contribution in [0, 0.1) is 0 Å². The first-order valence-corrected chi connectivity index (χ1v) is 11.3. The molecule has 0 spiro atoms. The van der Waals surface area contributed by atoms with Gasteiger partial charge in [0.15, 0.2) is 0 Å². The van der Waals surface area contributed by atoms with Gasteiger partial charge in [-0.3, -0.25) is 4.79 Å². The summed E-state index contributed by atoms with van der Waals surface area (Å²) in [5.41, 5.74) is 3.99. The van der Waals surface area contributed by atoms with Gasteiger partial charge in [-0.15, -0.1) is 0 Å². The van der Waals surface area contributed by atoms with E-state index >= 15 is 0 Å². The number of aromatic nitrogens is 1. The summed E-state index contributed by atoms with van der Waals surface area (Å²) in [6.45, 7) is 0.634. The summed E-state index contributed by atoms with van der Waals surface area (Å²) in [6, 6.07) is 12.1. The van der Waals surface area contributed by atoms with Crippen molar-refractivity contribution in [1.82, 2.24) is 9.69 Å². The van der Waals surface area contributed by atoms with Gasteiger partial charge in [0, 0.05) is 28.6 Å². The minimum atomic E-state index is -4.49. The number of rotatable bonds is 6. The number of fused-ring (bicyclic) bond motifs is 1. The summed E-state index contributed by atoms with van der Waals surface area (Å²) in [5, 5.41) is 12.8. The number of alkyl halides is 3. The van der Waals surface area contributed by atoms with Gasteiger partial charge in [0.25, 0.3) is 0 Å². The second-order valence-corrected chi connectivity index (χ2v) is 8.94. The summed E-state index contributed by atoms with van der Waals surface area (Å²) in [7, 11) is 0. The molecule has 1 aliphatic rings. The first-order chi connectivity index (χ1) is 15.2. The van der Waals surface area contributed by atoms with Crippen LogP contribution in [0.5, 0.6) is 0 Å². The summed E-state index contributed by atoms with van der Waals surface area (Å²) in [5.74, 6) is -0.860. The Bertz CT molecular complexity index is 1130. The van der Waals surface area contributed by atoms with Gasteiger partial charge in [-0.25, -0.2) is 0 Å². The van der Waals surface area contributed by atoms with Crippen molar-refractivity contribution in [3.05, 3.63) is 74.6 Å². The number of carboxylic acids is 1. The van der Waals surface area contributed by atoms with E-state index < -0.39 is 17.0 Å². The molecule has 2 aromatic carbocycles. The first-order valence-electron chi connectivity index (χ1n) is 10.1. The molecular formula is C23H20ClF3N2O2S. The Labute approximate surface area is 192 Å². The number of nitrogens with one attached hydrogen (secondary N) is 1. The third-order valence-electron chi connectivity index (χ3n) is 5.57. The molecule has 1 unspecified atom stereocenters. The zero-order valence-electron chi connectivity index (χ0n) is 16.9. The fraction of sp³-hybridized carbons (Fsp3) is 0.304. The number of halogens is 4.